The standard InChI is InChI=1S/C4H7NOS/c1-3(2)4(6)5-7/h3H,1-2H3. The van der Waals surface area contributed by atoms with Crippen LogP contribution >= 0.6 is 0 Å². The van der Waals surface area contributed by atoms with Gasteiger partial charge in [-0.1, -0.05) is 13.8 Å². The van der Waals surface area contributed by atoms with Gasteiger partial charge in [0.15, 0.2) is 0 Å². The molecule has 7 heavy (non-hydrogen) atoms. The fourth-order valence-electron chi connectivity index (χ4n) is 0.105. The number of hydrogen-bond donors (Lipinski definition) is 0. The van der Waals surface area contributed by atoms with E-state index in [0.717, 1.165) is 0 Å². The second-order valence-electron chi connectivity index (χ2n) is 1.58. The van der Waals surface area contributed by atoms with E-state index in [9.17, 15) is 4.79 Å². The lowest BCUT2D eigenvalue weighted by atomic mass is 10.2. The molecule has 0 aromatic carbocycles. The summed E-state index contributed by atoms with van der Waals surface area (Å²) in [5.74, 6) is -0.257. The second kappa shape index (κ2) is 2.80. The lowest BCUT2D eigenvalue weighted by molar-refractivity contribution is -0.120. The van der Waals surface area contributed by atoms with E-state index in [0.29, 0.717) is 0 Å². The molecule has 0 spiro atoms. The minimum Gasteiger partial charge on any atom is -0.271 e. The molecule has 0 fully saturated rings. The third kappa shape index (κ3) is 2.39. The van der Waals surface area contributed by atoms with Gasteiger partial charge in [0, 0.05) is 18.3 Å². The highest BCUT2D eigenvalue weighted by Gasteiger charge is 2.01. The summed E-state index contributed by atoms with van der Waals surface area (Å²) in [6.07, 6.45) is 0. The molecule has 2 nitrogen and oxygen atoms in total. The zero-order valence-electron chi connectivity index (χ0n) is 4.34. The summed E-state index contributed by atoms with van der Waals surface area (Å²) >= 11 is 4.13. The van der Waals surface area contributed by atoms with Crippen LogP contribution in [0.4, 0.5) is 0 Å². The van der Waals surface area contributed by atoms with Crippen LogP contribution in [0, 0.1) is 5.92 Å². The van der Waals surface area contributed by atoms with Crippen LogP contribution in [-0.2, 0) is 17.2 Å². The third-order valence-electron chi connectivity index (χ3n) is 0.584. The van der Waals surface area contributed by atoms with Crippen molar-refractivity contribution in [1.82, 2.24) is 0 Å². The predicted octanol–water partition coefficient (Wildman–Crippen LogP) is 0.899. The molecular weight excluding hydrogens is 110 g/mol. The number of carbonyl (C=O) groups excluding carboxylic acids is 1. The summed E-state index contributed by atoms with van der Waals surface area (Å²) in [5, 5.41) is 0. The van der Waals surface area contributed by atoms with Crippen molar-refractivity contribution in [3.8, 4) is 0 Å². The fraction of sp³-hybridized carbons (Fsp3) is 0.750. The molecule has 0 radical (unpaired) electrons. The van der Waals surface area contributed by atoms with Crippen LogP contribution in [0.5, 0.6) is 0 Å². The molecule has 0 aliphatic carbocycles. The lowest BCUT2D eigenvalue weighted by Gasteiger charge is -1.90. The molecule has 0 saturated carbocycles. The molecule has 0 unspecified atom stereocenters. The van der Waals surface area contributed by atoms with Crippen LogP contribution in [0.1, 0.15) is 13.8 Å². The largest absolute Gasteiger partial charge is 0.271 e. The molecule has 0 aromatic rings. The maximum absolute atomic E-state index is 10.2. The first-order valence-corrected chi connectivity index (χ1v) is 2.42. The molecule has 0 rings (SSSR count). The van der Waals surface area contributed by atoms with Crippen molar-refractivity contribution in [3.05, 3.63) is 0 Å². The summed E-state index contributed by atoms with van der Waals surface area (Å²) in [6.45, 7) is 3.52. The average Bonchev–Trinajstić information content (AvgIpc) is 1.65. The number of hydrogen-bond acceptors (Lipinski definition) is 2. The summed E-state index contributed by atoms with van der Waals surface area (Å²) in [7, 11) is 0. The Bertz CT molecular complexity index is 89.7. The Morgan fingerprint density at radius 1 is 1.71 bits per heavy atom. The van der Waals surface area contributed by atoms with Gasteiger partial charge in [0.05, 0.1) is 0 Å². The highest BCUT2D eigenvalue weighted by Crippen LogP contribution is 1.92. The highest BCUT2D eigenvalue weighted by atomic mass is 32.1. The van der Waals surface area contributed by atoms with Crippen LogP contribution in [0.3, 0.4) is 0 Å². The average molecular weight is 117 g/mol. The maximum atomic E-state index is 10.2. The molecule has 3 heteroatoms. The van der Waals surface area contributed by atoms with Gasteiger partial charge in [-0.25, -0.2) is 0 Å². The van der Waals surface area contributed by atoms with Crippen molar-refractivity contribution in [1.29, 1.82) is 0 Å². The molecule has 0 aliphatic rings. The zero-order valence-corrected chi connectivity index (χ0v) is 5.16. The van der Waals surface area contributed by atoms with Crippen molar-refractivity contribution in [3.63, 3.8) is 0 Å². The van der Waals surface area contributed by atoms with E-state index in [-0.39, 0.29) is 11.8 Å². The summed E-state index contributed by atoms with van der Waals surface area (Å²) < 4.78 is 3.03. The number of nitrogens with zero attached hydrogens (tertiary/aromatic N) is 1. The first kappa shape index (κ1) is 6.69. The predicted molar refractivity (Wildman–Crippen MR) is 29.6 cm³/mol. The Labute approximate surface area is 48.1 Å². The van der Waals surface area contributed by atoms with Gasteiger partial charge in [-0.15, -0.1) is 4.36 Å². The van der Waals surface area contributed by atoms with E-state index >= 15 is 0 Å². The SMILES string of the molecule is CC(C)C(=O)N=S. The van der Waals surface area contributed by atoms with Gasteiger partial charge in [0.1, 0.15) is 0 Å². The zero-order chi connectivity index (χ0) is 5.86. The Morgan fingerprint density at radius 3 is 2.14 bits per heavy atom. The minimum atomic E-state index is -0.213. The molecule has 0 N–H and O–H groups in total. The van der Waals surface area contributed by atoms with Gasteiger partial charge in [-0.3, -0.25) is 4.79 Å². The van der Waals surface area contributed by atoms with E-state index < -0.39 is 0 Å². The van der Waals surface area contributed by atoms with E-state index in [4.69, 9.17) is 0 Å². The van der Waals surface area contributed by atoms with Crippen molar-refractivity contribution >= 4 is 18.3 Å². The Hall–Kier alpha value is -0.310. The van der Waals surface area contributed by atoms with Crippen LogP contribution in [0.25, 0.3) is 0 Å². The van der Waals surface area contributed by atoms with Gasteiger partial charge < -0.3 is 0 Å². The normalized spacial score (nSPS) is 9.00. The highest BCUT2D eigenvalue weighted by molar-refractivity contribution is 7.47. The van der Waals surface area contributed by atoms with Gasteiger partial charge in [0.2, 0.25) is 0 Å². The van der Waals surface area contributed by atoms with Gasteiger partial charge in [-0.2, -0.15) is 0 Å². The molecule has 0 aromatic heterocycles. The summed E-state index contributed by atoms with van der Waals surface area (Å²) in [4.78, 5) is 10.2. The second-order valence-corrected chi connectivity index (χ2v) is 1.77. The van der Waals surface area contributed by atoms with Crippen molar-refractivity contribution in [2.75, 3.05) is 0 Å². The topological polar surface area (TPSA) is 29.4 Å². The molecule has 0 saturated heterocycles. The molecule has 0 aliphatic heterocycles. The molecule has 1 amide bonds. The summed E-state index contributed by atoms with van der Waals surface area (Å²) in [5.41, 5.74) is 0. The smallest absolute Gasteiger partial charge is 0.259 e. The lowest BCUT2D eigenvalue weighted by Crippen LogP contribution is -2.00. The fourth-order valence-corrected chi connectivity index (χ4v) is 0.316. The molecule has 40 valence electrons. The van der Waals surface area contributed by atoms with Gasteiger partial charge in [-0.05, 0) is 0 Å². The number of rotatable bonds is 1. The van der Waals surface area contributed by atoms with Crippen LogP contribution in [-0.4, -0.2) is 5.91 Å². The Kier molecular flexibility index (Phi) is 2.67. The first-order valence-electron chi connectivity index (χ1n) is 2.05. The van der Waals surface area contributed by atoms with E-state index in [1.54, 1.807) is 13.8 Å². The first-order chi connectivity index (χ1) is 3.18. The molecule has 0 heterocycles. The van der Waals surface area contributed by atoms with Crippen molar-refractivity contribution < 1.29 is 4.79 Å². The van der Waals surface area contributed by atoms with Crippen LogP contribution in [0.15, 0.2) is 4.36 Å². The van der Waals surface area contributed by atoms with E-state index in [2.05, 4.69) is 16.8 Å². The third-order valence-corrected chi connectivity index (χ3v) is 0.764. The van der Waals surface area contributed by atoms with Crippen molar-refractivity contribution in [2.45, 2.75) is 13.8 Å². The quantitative estimate of drug-likeness (QED) is 0.510. The van der Waals surface area contributed by atoms with Crippen LogP contribution < -0.4 is 0 Å². The Balaban J connectivity index is 3.56. The number of carbonyl (C=O) groups is 1. The van der Waals surface area contributed by atoms with Crippen molar-refractivity contribution in [2.24, 2.45) is 10.3 Å². The van der Waals surface area contributed by atoms with E-state index in [1.165, 1.54) is 0 Å². The van der Waals surface area contributed by atoms with E-state index in [1.807, 2.05) is 0 Å². The summed E-state index contributed by atoms with van der Waals surface area (Å²) in [6, 6.07) is 0. The van der Waals surface area contributed by atoms with Gasteiger partial charge in [0.25, 0.3) is 5.91 Å². The van der Waals surface area contributed by atoms with Crippen LogP contribution in [0.2, 0.25) is 0 Å². The molecule has 0 bridgehead atoms. The monoisotopic (exact) mass is 117 g/mol. The van der Waals surface area contributed by atoms with Gasteiger partial charge >= 0.3 is 0 Å². The molecule has 0 atom stereocenters. The Morgan fingerprint density at radius 2 is 2.14 bits per heavy atom. The molecular formula is C4H7NOS. The number of amides is 1. The minimum absolute atomic E-state index is 0.0440. The maximum Gasteiger partial charge on any atom is 0.259 e.